The normalized spacial score (nSPS) is 17.9. The van der Waals surface area contributed by atoms with Crippen molar-refractivity contribution < 1.29 is 4.79 Å². The molecule has 0 aliphatic heterocycles. The molecule has 1 aromatic carbocycles. The van der Waals surface area contributed by atoms with E-state index in [0.717, 1.165) is 24.4 Å². The van der Waals surface area contributed by atoms with E-state index in [1.54, 1.807) is 0 Å². The van der Waals surface area contributed by atoms with Crippen LogP contribution in [0.3, 0.4) is 0 Å². The van der Waals surface area contributed by atoms with E-state index in [2.05, 4.69) is 33.4 Å². The molecule has 0 saturated heterocycles. The second kappa shape index (κ2) is 12.2. The third-order valence-corrected chi connectivity index (χ3v) is 6.78. The largest absolute Gasteiger partial charge is 0.341 e. The lowest BCUT2D eigenvalue weighted by Crippen LogP contribution is -2.33. The van der Waals surface area contributed by atoms with Gasteiger partial charge in [-0.3, -0.25) is 4.79 Å². The number of benzene rings is 1. The van der Waals surface area contributed by atoms with Crippen LogP contribution in [0.25, 0.3) is 0 Å². The summed E-state index contributed by atoms with van der Waals surface area (Å²) in [4.78, 5) is 14.6. The van der Waals surface area contributed by atoms with Gasteiger partial charge < -0.3 is 4.90 Å². The third-order valence-electron chi connectivity index (χ3n) is 6.78. The van der Waals surface area contributed by atoms with Crippen LogP contribution >= 0.6 is 0 Å². The summed E-state index contributed by atoms with van der Waals surface area (Å²) < 4.78 is 0. The molecule has 0 atom stereocenters. The number of allylic oxidation sites excluding steroid dienone is 1. The van der Waals surface area contributed by atoms with E-state index < -0.39 is 0 Å². The standard InChI is InChI=1S/C18H27NO.C9H16/c1-4-16-12-14(2)10-11-17(16)18(20)19(3)13-15-8-6-5-7-9-15;1-8(2)9-6-4-3-5-7-9/h10-12,15H,4-9,13H2,1-3H3;9H,1,3-7H2,2H3. The summed E-state index contributed by atoms with van der Waals surface area (Å²) in [5, 5.41) is 0. The highest BCUT2D eigenvalue weighted by Gasteiger charge is 2.20. The molecule has 0 bridgehead atoms. The van der Waals surface area contributed by atoms with Crippen LogP contribution in [0.1, 0.15) is 99.5 Å². The predicted molar refractivity (Wildman–Crippen MR) is 125 cm³/mol. The van der Waals surface area contributed by atoms with E-state index >= 15 is 0 Å². The fourth-order valence-corrected chi connectivity index (χ4v) is 4.86. The summed E-state index contributed by atoms with van der Waals surface area (Å²) >= 11 is 0. The molecule has 1 amide bonds. The molecule has 2 aliphatic rings. The number of carbonyl (C=O) groups excluding carboxylic acids is 1. The average Bonchev–Trinajstić information content (AvgIpc) is 2.75. The summed E-state index contributed by atoms with van der Waals surface area (Å²) in [5.74, 6) is 1.75. The minimum Gasteiger partial charge on any atom is -0.341 e. The minimum atomic E-state index is 0.187. The van der Waals surface area contributed by atoms with Gasteiger partial charge in [0.1, 0.15) is 0 Å². The molecule has 29 heavy (non-hydrogen) atoms. The summed E-state index contributed by atoms with van der Waals surface area (Å²) in [6.45, 7) is 11.3. The Morgan fingerprint density at radius 2 is 1.62 bits per heavy atom. The van der Waals surface area contributed by atoms with E-state index in [1.807, 2.05) is 24.1 Å². The second-order valence-corrected chi connectivity index (χ2v) is 9.39. The molecule has 0 aromatic heterocycles. The van der Waals surface area contributed by atoms with Gasteiger partial charge in [0.15, 0.2) is 0 Å². The average molecular weight is 398 g/mol. The molecule has 0 heterocycles. The zero-order valence-corrected chi connectivity index (χ0v) is 19.4. The predicted octanol–water partition coefficient (Wildman–Crippen LogP) is 7.35. The van der Waals surface area contributed by atoms with Gasteiger partial charge in [0, 0.05) is 19.2 Å². The Morgan fingerprint density at radius 3 is 2.14 bits per heavy atom. The van der Waals surface area contributed by atoms with E-state index in [1.165, 1.54) is 80.9 Å². The van der Waals surface area contributed by atoms with Gasteiger partial charge in [0.25, 0.3) is 5.91 Å². The summed E-state index contributed by atoms with van der Waals surface area (Å²) in [5.41, 5.74) is 4.69. The molecule has 2 fully saturated rings. The number of amides is 1. The zero-order valence-electron chi connectivity index (χ0n) is 19.4. The molecule has 2 nitrogen and oxygen atoms in total. The van der Waals surface area contributed by atoms with Crippen molar-refractivity contribution in [3.63, 3.8) is 0 Å². The van der Waals surface area contributed by atoms with Crippen LogP contribution in [0.15, 0.2) is 30.4 Å². The minimum absolute atomic E-state index is 0.187. The Hall–Kier alpha value is -1.57. The fourth-order valence-electron chi connectivity index (χ4n) is 4.86. The maximum atomic E-state index is 12.6. The van der Waals surface area contributed by atoms with Crippen LogP contribution in [0.4, 0.5) is 0 Å². The molecule has 1 aromatic rings. The first-order chi connectivity index (χ1) is 13.9. The number of aryl methyl sites for hydroxylation is 2. The second-order valence-electron chi connectivity index (χ2n) is 9.39. The van der Waals surface area contributed by atoms with E-state index in [4.69, 9.17) is 0 Å². The molecule has 2 heteroatoms. The zero-order chi connectivity index (χ0) is 21.2. The van der Waals surface area contributed by atoms with Crippen LogP contribution in [-0.2, 0) is 6.42 Å². The van der Waals surface area contributed by atoms with Crippen molar-refractivity contribution in [2.75, 3.05) is 13.6 Å². The lowest BCUT2D eigenvalue weighted by molar-refractivity contribution is 0.0759. The smallest absolute Gasteiger partial charge is 0.253 e. The van der Waals surface area contributed by atoms with Crippen molar-refractivity contribution in [3.05, 3.63) is 47.0 Å². The van der Waals surface area contributed by atoms with Gasteiger partial charge in [-0.1, -0.05) is 75.3 Å². The van der Waals surface area contributed by atoms with Gasteiger partial charge in [-0.15, -0.1) is 0 Å². The topological polar surface area (TPSA) is 20.3 Å². The van der Waals surface area contributed by atoms with Crippen LogP contribution < -0.4 is 0 Å². The number of nitrogens with zero attached hydrogens (tertiary/aromatic N) is 1. The number of rotatable bonds is 5. The summed E-state index contributed by atoms with van der Waals surface area (Å²) in [6, 6.07) is 6.18. The third kappa shape index (κ3) is 7.64. The lowest BCUT2D eigenvalue weighted by Gasteiger charge is -2.27. The van der Waals surface area contributed by atoms with Gasteiger partial charge in [-0.2, -0.15) is 0 Å². The molecule has 0 spiro atoms. The Labute approximate surface area is 179 Å². The first-order valence-corrected chi connectivity index (χ1v) is 11.9. The highest BCUT2D eigenvalue weighted by molar-refractivity contribution is 5.95. The SMILES string of the molecule is C=C(C)C1CCCCC1.CCc1cc(C)ccc1C(=O)N(C)CC1CCCCC1. The van der Waals surface area contributed by atoms with Crippen LogP contribution in [-0.4, -0.2) is 24.4 Å². The Kier molecular flexibility index (Phi) is 9.97. The Morgan fingerprint density at radius 1 is 1.03 bits per heavy atom. The number of carbonyl (C=O) groups is 1. The molecule has 3 rings (SSSR count). The number of hydrogen-bond acceptors (Lipinski definition) is 1. The maximum absolute atomic E-state index is 12.6. The van der Waals surface area contributed by atoms with Crippen molar-refractivity contribution >= 4 is 5.91 Å². The lowest BCUT2D eigenvalue weighted by atomic mass is 9.85. The number of hydrogen-bond donors (Lipinski definition) is 0. The van der Waals surface area contributed by atoms with Crippen LogP contribution in [0, 0.1) is 18.8 Å². The van der Waals surface area contributed by atoms with Crippen molar-refractivity contribution in [3.8, 4) is 0 Å². The molecule has 2 aliphatic carbocycles. The first-order valence-electron chi connectivity index (χ1n) is 11.9. The monoisotopic (exact) mass is 397 g/mol. The van der Waals surface area contributed by atoms with Gasteiger partial charge in [0.05, 0.1) is 0 Å². The fraction of sp³-hybridized carbons (Fsp3) is 0.667. The first kappa shape index (κ1) is 23.7. The van der Waals surface area contributed by atoms with E-state index in [0.29, 0.717) is 5.92 Å². The quantitative estimate of drug-likeness (QED) is 0.475. The van der Waals surface area contributed by atoms with Crippen molar-refractivity contribution in [1.82, 2.24) is 4.90 Å². The van der Waals surface area contributed by atoms with Crippen LogP contribution in [0.2, 0.25) is 0 Å². The summed E-state index contributed by atoms with van der Waals surface area (Å²) in [6.07, 6.45) is 14.6. The molecular weight excluding hydrogens is 354 g/mol. The van der Waals surface area contributed by atoms with E-state index in [-0.39, 0.29) is 5.91 Å². The molecule has 0 unspecified atom stereocenters. The highest BCUT2D eigenvalue weighted by Crippen LogP contribution is 2.28. The van der Waals surface area contributed by atoms with E-state index in [9.17, 15) is 4.79 Å². The van der Waals surface area contributed by atoms with Gasteiger partial charge >= 0.3 is 0 Å². The summed E-state index contributed by atoms with van der Waals surface area (Å²) in [7, 11) is 1.95. The van der Waals surface area contributed by atoms with Gasteiger partial charge in [-0.25, -0.2) is 0 Å². The van der Waals surface area contributed by atoms with Crippen LogP contribution in [0.5, 0.6) is 0 Å². The van der Waals surface area contributed by atoms with Crippen molar-refractivity contribution in [2.24, 2.45) is 11.8 Å². The molecule has 0 N–H and O–H groups in total. The van der Waals surface area contributed by atoms with Gasteiger partial charge in [-0.05, 0) is 69.4 Å². The molecular formula is C27H43NO. The van der Waals surface area contributed by atoms with Crippen molar-refractivity contribution in [1.29, 1.82) is 0 Å². The van der Waals surface area contributed by atoms with Crippen molar-refractivity contribution in [2.45, 2.75) is 91.4 Å². The Bertz CT molecular complexity index is 651. The Balaban J connectivity index is 0.000000278. The maximum Gasteiger partial charge on any atom is 0.253 e. The highest BCUT2D eigenvalue weighted by atomic mass is 16.2. The molecule has 162 valence electrons. The molecule has 0 radical (unpaired) electrons. The van der Waals surface area contributed by atoms with Gasteiger partial charge in [0.2, 0.25) is 0 Å². The molecule has 2 saturated carbocycles.